The fourth-order valence-electron chi connectivity index (χ4n) is 2.23. The molecule has 0 bridgehead atoms. The lowest BCUT2D eigenvalue weighted by Gasteiger charge is -2.38. The molecule has 0 N–H and O–H groups in total. The van der Waals surface area contributed by atoms with Crippen molar-refractivity contribution in [3.05, 3.63) is 5.89 Å². The maximum atomic E-state index is 12.1. The number of thioether (sulfide) groups is 1. The predicted octanol–water partition coefficient (Wildman–Crippen LogP) is 1.53. The number of rotatable bonds is 5. The first-order valence-electron chi connectivity index (χ1n) is 6.60. The van der Waals surface area contributed by atoms with Crippen molar-refractivity contribution in [2.75, 3.05) is 19.3 Å². The van der Waals surface area contributed by atoms with Crippen LogP contribution in [0.2, 0.25) is 0 Å². The van der Waals surface area contributed by atoms with E-state index in [0.717, 1.165) is 32.4 Å². The molecule has 0 saturated carbocycles. The average Bonchev–Trinajstić information content (AvgIpc) is 2.92. The summed E-state index contributed by atoms with van der Waals surface area (Å²) in [6, 6.07) is 0. The molecule has 0 unspecified atom stereocenters. The van der Waals surface area contributed by atoms with E-state index in [0.29, 0.717) is 23.5 Å². The maximum absolute atomic E-state index is 12.1. The summed E-state index contributed by atoms with van der Waals surface area (Å²) in [5.74, 6) is 0.733. The van der Waals surface area contributed by atoms with Crippen molar-refractivity contribution in [1.82, 2.24) is 20.5 Å². The summed E-state index contributed by atoms with van der Waals surface area (Å²) >= 11 is 1.91. The Morgan fingerprint density at radius 1 is 1.47 bits per heavy atom. The molecule has 1 fully saturated rings. The number of piperidine rings is 1. The molecule has 19 heavy (non-hydrogen) atoms. The number of aryl methyl sites for hydroxylation is 1. The van der Waals surface area contributed by atoms with Crippen LogP contribution in [0.1, 0.15) is 38.5 Å². The van der Waals surface area contributed by atoms with E-state index in [2.05, 4.69) is 28.8 Å². The number of carbonyl (C=O) groups excluding carboxylic acids is 1. The molecule has 106 valence electrons. The Balaban J connectivity index is 1.70. The second-order valence-corrected chi connectivity index (χ2v) is 6.54. The van der Waals surface area contributed by atoms with E-state index in [-0.39, 0.29) is 5.91 Å². The van der Waals surface area contributed by atoms with Gasteiger partial charge in [-0.05, 0) is 30.7 Å². The second kappa shape index (κ2) is 6.36. The lowest BCUT2D eigenvalue weighted by Crippen LogP contribution is -2.43. The molecule has 1 aromatic rings. The molecule has 6 nitrogen and oxygen atoms in total. The van der Waals surface area contributed by atoms with Crippen molar-refractivity contribution in [2.24, 2.45) is 0 Å². The number of hydrogen-bond donors (Lipinski definition) is 0. The van der Waals surface area contributed by atoms with Crippen LogP contribution in [-0.4, -0.2) is 50.5 Å². The number of likely N-dealkylation sites (tertiary alicyclic amines) is 1. The molecule has 7 heteroatoms. The molecule has 0 spiro atoms. The summed E-state index contributed by atoms with van der Waals surface area (Å²) in [5.41, 5.74) is 0. The Morgan fingerprint density at radius 3 is 2.79 bits per heavy atom. The Morgan fingerprint density at radius 2 is 2.21 bits per heavy atom. The third-order valence-corrected chi connectivity index (χ3v) is 5.18. The molecule has 0 atom stereocenters. The van der Waals surface area contributed by atoms with E-state index in [1.165, 1.54) is 0 Å². The minimum Gasteiger partial charge on any atom is -0.343 e. The van der Waals surface area contributed by atoms with Gasteiger partial charge in [0.25, 0.3) is 0 Å². The minimum absolute atomic E-state index is 0.232. The molecule has 1 aromatic heterocycles. The molecule has 0 radical (unpaired) electrons. The predicted molar refractivity (Wildman–Crippen MR) is 72.8 cm³/mol. The quantitative estimate of drug-likeness (QED) is 0.816. The SMILES string of the molecule is CSC1(C)CCN(C(=O)CCCc2nnno2)CC1. The van der Waals surface area contributed by atoms with Crippen molar-refractivity contribution in [3.63, 3.8) is 0 Å². The molecule has 2 rings (SSSR count). The lowest BCUT2D eigenvalue weighted by molar-refractivity contribution is -0.132. The van der Waals surface area contributed by atoms with Gasteiger partial charge in [0.1, 0.15) is 0 Å². The second-order valence-electron chi connectivity index (χ2n) is 5.14. The summed E-state index contributed by atoms with van der Waals surface area (Å²) < 4.78 is 5.14. The summed E-state index contributed by atoms with van der Waals surface area (Å²) in [7, 11) is 0. The molecule has 1 aliphatic rings. The summed E-state index contributed by atoms with van der Waals surface area (Å²) in [6.45, 7) is 4.03. The molecule has 2 heterocycles. The van der Waals surface area contributed by atoms with E-state index in [9.17, 15) is 4.79 Å². The van der Waals surface area contributed by atoms with Crippen LogP contribution in [-0.2, 0) is 11.2 Å². The first kappa shape index (κ1) is 14.3. The number of carbonyl (C=O) groups is 1. The lowest BCUT2D eigenvalue weighted by atomic mass is 9.97. The van der Waals surface area contributed by atoms with Gasteiger partial charge in [-0.25, -0.2) is 0 Å². The van der Waals surface area contributed by atoms with Crippen LogP contribution < -0.4 is 0 Å². The summed E-state index contributed by atoms with van der Waals surface area (Å²) in [5, 5.41) is 10.4. The van der Waals surface area contributed by atoms with Crippen LogP contribution in [0.5, 0.6) is 0 Å². The van der Waals surface area contributed by atoms with Crippen molar-refractivity contribution >= 4 is 17.7 Å². The topological polar surface area (TPSA) is 72.1 Å². The van der Waals surface area contributed by atoms with Gasteiger partial charge in [-0.15, -0.1) is 0 Å². The monoisotopic (exact) mass is 284 g/mol. The fourth-order valence-corrected chi connectivity index (χ4v) is 2.82. The minimum atomic E-state index is 0.232. The Kier molecular flexibility index (Phi) is 4.79. The Labute approximate surface area is 117 Å². The van der Waals surface area contributed by atoms with Crippen molar-refractivity contribution < 1.29 is 9.32 Å². The zero-order valence-electron chi connectivity index (χ0n) is 11.5. The zero-order valence-corrected chi connectivity index (χ0v) is 12.3. The van der Waals surface area contributed by atoms with E-state index < -0.39 is 0 Å². The molecular weight excluding hydrogens is 264 g/mol. The van der Waals surface area contributed by atoms with Crippen LogP contribution in [0.3, 0.4) is 0 Å². The van der Waals surface area contributed by atoms with Gasteiger partial charge in [-0.1, -0.05) is 12.0 Å². The number of nitrogens with zero attached hydrogens (tertiary/aromatic N) is 4. The molecule has 0 aromatic carbocycles. The number of aromatic nitrogens is 3. The molecule has 1 saturated heterocycles. The average molecular weight is 284 g/mol. The van der Waals surface area contributed by atoms with E-state index >= 15 is 0 Å². The van der Waals surface area contributed by atoms with E-state index in [4.69, 9.17) is 4.52 Å². The number of amides is 1. The highest BCUT2D eigenvalue weighted by atomic mass is 32.2. The van der Waals surface area contributed by atoms with Crippen LogP contribution >= 0.6 is 11.8 Å². The third-order valence-electron chi connectivity index (χ3n) is 3.79. The van der Waals surface area contributed by atoms with Crippen LogP contribution in [0.4, 0.5) is 0 Å². The van der Waals surface area contributed by atoms with Gasteiger partial charge < -0.3 is 9.42 Å². The summed E-state index contributed by atoms with van der Waals surface area (Å²) in [4.78, 5) is 14.0. The molecule has 1 aliphatic heterocycles. The van der Waals surface area contributed by atoms with Crippen molar-refractivity contribution in [1.29, 1.82) is 0 Å². The highest BCUT2D eigenvalue weighted by Crippen LogP contribution is 2.33. The van der Waals surface area contributed by atoms with E-state index in [1.54, 1.807) is 0 Å². The Bertz CT molecular complexity index is 402. The first-order valence-corrected chi connectivity index (χ1v) is 7.82. The fraction of sp³-hybridized carbons (Fsp3) is 0.833. The van der Waals surface area contributed by atoms with Gasteiger partial charge in [-0.2, -0.15) is 11.8 Å². The highest BCUT2D eigenvalue weighted by molar-refractivity contribution is 7.99. The largest absolute Gasteiger partial charge is 0.343 e. The molecule has 1 amide bonds. The molecule has 0 aliphatic carbocycles. The van der Waals surface area contributed by atoms with Gasteiger partial charge in [0.2, 0.25) is 11.8 Å². The Hall–Kier alpha value is -1.11. The standard InChI is InChI=1S/C12H20N4O2S/c1-12(19-2)6-8-16(9-7-12)11(17)5-3-4-10-13-14-15-18-10/h3-9H2,1-2H3. The maximum Gasteiger partial charge on any atom is 0.248 e. The normalized spacial score (nSPS) is 18.5. The van der Waals surface area contributed by atoms with Crippen molar-refractivity contribution in [2.45, 2.75) is 43.8 Å². The van der Waals surface area contributed by atoms with Gasteiger partial charge in [-0.3, -0.25) is 4.79 Å². The van der Waals surface area contributed by atoms with Crippen LogP contribution in [0, 0.1) is 0 Å². The van der Waals surface area contributed by atoms with Crippen molar-refractivity contribution in [3.8, 4) is 0 Å². The van der Waals surface area contributed by atoms with Gasteiger partial charge in [0, 0.05) is 30.7 Å². The third kappa shape index (κ3) is 3.92. The van der Waals surface area contributed by atoms with E-state index in [1.807, 2.05) is 16.7 Å². The smallest absolute Gasteiger partial charge is 0.248 e. The van der Waals surface area contributed by atoms with Gasteiger partial charge in [0.05, 0.1) is 5.27 Å². The van der Waals surface area contributed by atoms with Crippen LogP contribution in [0.15, 0.2) is 4.52 Å². The highest BCUT2D eigenvalue weighted by Gasteiger charge is 2.30. The number of hydrogen-bond acceptors (Lipinski definition) is 6. The zero-order chi connectivity index (χ0) is 13.7. The van der Waals surface area contributed by atoms with Crippen LogP contribution in [0.25, 0.3) is 0 Å². The summed E-state index contributed by atoms with van der Waals surface area (Å²) in [6.07, 6.45) is 6.20. The first-order chi connectivity index (χ1) is 9.13. The van der Waals surface area contributed by atoms with Gasteiger partial charge >= 0.3 is 0 Å². The van der Waals surface area contributed by atoms with Gasteiger partial charge in [0.15, 0.2) is 0 Å². The molecular formula is C12H20N4O2S.